The molecule has 0 aromatic heterocycles. The van der Waals surface area contributed by atoms with Gasteiger partial charge in [-0.15, -0.1) is 0 Å². The first kappa shape index (κ1) is 12.6. The molecule has 1 aromatic rings. The van der Waals surface area contributed by atoms with Crippen LogP contribution in [-0.4, -0.2) is 16.0 Å². The number of rotatable bonds is 2. The zero-order chi connectivity index (χ0) is 13.0. The zero-order valence-corrected chi connectivity index (χ0v) is 8.24. The standard InChI is InChI=1S/C10H5F2NO4/c11-7-4-6(2-1-3-9(14)15)10(13(16)17)8(12)5-7/h4-5H,3H2,(H,14,15). The maximum atomic E-state index is 13.1. The summed E-state index contributed by atoms with van der Waals surface area (Å²) in [6.45, 7) is 0. The Morgan fingerprint density at radius 1 is 1.47 bits per heavy atom. The largest absolute Gasteiger partial charge is 0.481 e. The third kappa shape index (κ3) is 3.24. The molecule has 17 heavy (non-hydrogen) atoms. The molecule has 1 rings (SSSR count). The van der Waals surface area contributed by atoms with Gasteiger partial charge in [-0.05, 0) is 6.07 Å². The van der Waals surface area contributed by atoms with Crippen LogP contribution in [0.5, 0.6) is 0 Å². The molecule has 88 valence electrons. The fourth-order valence-corrected chi connectivity index (χ4v) is 1.06. The van der Waals surface area contributed by atoms with Crippen molar-refractivity contribution in [2.75, 3.05) is 0 Å². The maximum Gasteiger partial charge on any atom is 0.320 e. The van der Waals surface area contributed by atoms with E-state index in [1.165, 1.54) is 0 Å². The van der Waals surface area contributed by atoms with Gasteiger partial charge >= 0.3 is 11.7 Å². The van der Waals surface area contributed by atoms with E-state index in [1.807, 2.05) is 0 Å². The second-order valence-corrected chi connectivity index (χ2v) is 2.91. The molecule has 0 atom stereocenters. The number of carboxylic acid groups (broad SMARTS) is 1. The number of carboxylic acids is 1. The van der Waals surface area contributed by atoms with Crippen LogP contribution >= 0.6 is 0 Å². The Hall–Kier alpha value is -2.49. The van der Waals surface area contributed by atoms with Crippen LogP contribution in [0, 0.1) is 33.6 Å². The highest BCUT2D eigenvalue weighted by Gasteiger charge is 2.20. The molecule has 0 aliphatic rings. The summed E-state index contributed by atoms with van der Waals surface area (Å²) in [5, 5.41) is 18.8. The predicted octanol–water partition coefficient (Wildman–Crippen LogP) is 1.70. The van der Waals surface area contributed by atoms with Gasteiger partial charge in [0.1, 0.15) is 17.8 Å². The Balaban J connectivity index is 3.24. The minimum absolute atomic E-state index is 0.362. The smallest absolute Gasteiger partial charge is 0.320 e. The molecule has 0 amide bonds. The zero-order valence-electron chi connectivity index (χ0n) is 8.24. The molecule has 0 saturated heterocycles. The summed E-state index contributed by atoms with van der Waals surface area (Å²) < 4.78 is 25.9. The minimum Gasteiger partial charge on any atom is -0.481 e. The van der Waals surface area contributed by atoms with Crippen LogP contribution in [0.1, 0.15) is 12.0 Å². The summed E-state index contributed by atoms with van der Waals surface area (Å²) in [6.07, 6.45) is -0.574. The molecule has 0 radical (unpaired) electrons. The van der Waals surface area contributed by atoms with Gasteiger partial charge in [0.25, 0.3) is 0 Å². The highest BCUT2D eigenvalue weighted by molar-refractivity contribution is 5.70. The molecular formula is C10H5F2NO4. The lowest BCUT2D eigenvalue weighted by molar-refractivity contribution is -0.387. The normalized spacial score (nSPS) is 9.29. The predicted molar refractivity (Wildman–Crippen MR) is 52.1 cm³/mol. The van der Waals surface area contributed by atoms with Crippen LogP contribution in [0.15, 0.2) is 12.1 Å². The number of hydrogen-bond acceptors (Lipinski definition) is 3. The average molecular weight is 241 g/mol. The van der Waals surface area contributed by atoms with Gasteiger partial charge in [0.2, 0.25) is 5.82 Å². The monoisotopic (exact) mass is 241 g/mol. The molecule has 0 aliphatic carbocycles. The molecule has 0 aliphatic heterocycles. The number of aliphatic carboxylic acids is 1. The van der Waals surface area contributed by atoms with E-state index < -0.39 is 40.2 Å². The van der Waals surface area contributed by atoms with Crippen molar-refractivity contribution in [3.05, 3.63) is 39.4 Å². The molecule has 7 heteroatoms. The highest BCUT2D eigenvalue weighted by atomic mass is 19.1. The van der Waals surface area contributed by atoms with Gasteiger partial charge in [0, 0.05) is 6.07 Å². The van der Waals surface area contributed by atoms with Gasteiger partial charge < -0.3 is 5.11 Å². The van der Waals surface area contributed by atoms with Crippen molar-refractivity contribution in [3.8, 4) is 11.8 Å². The number of nitro benzene ring substituents is 1. The van der Waals surface area contributed by atoms with Crippen LogP contribution in [0.2, 0.25) is 0 Å². The topological polar surface area (TPSA) is 80.4 Å². The lowest BCUT2D eigenvalue weighted by Gasteiger charge is -1.97. The second kappa shape index (κ2) is 5.03. The van der Waals surface area contributed by atoms with Crippen molar-refractivity contribution in [2.45, 2.75) is 6.42 Å². The summed E-state index contributed by atoms with van der Waals surface area (Å²) in [5.41, 5.74) is -1.46. The van der Waals surface area contributed by atoms with E-state index in [0.29, 0.717) is 12.1 Å². The highest BCUT2D eigenvalue weighted by Crippen LogP contribution is 2.23. The summed E-state index contributed by atoms with van der Waals surface area (Å²) in [5.74, 6) is 0.507. The third-order valence-corrected chi connectivity index (χ3v) is 1.67. The van der Waals surface area contributed by atoms with Crippen molar-refractivity contribution in [1.82, 2.24) is 0 Å². The summed E-state index contributed by atoms with van der Waals surface area (Å²) in [7, 11) is 0. The molecule has 0 heterocycles. The number of hydrogen-bond donors (Lipinski definition) is 1. The van der Waals surface area contributed by atoms with Gasteiger partial charge in [-0.1, -0.05) is 11.8 Å². The van der Waals surface area contributed by atoms with Crippen molar-refractivity contribution in [1.29, 1.82) is 0 Å². The lowest BCUT2D eigenvalue weighted by atomic mass is 10.1. The molecule has 0 unspecified atom stereocenters. The minimum atomic E-state index is -1.35. The first-order chi connectivity index (χ1) is 7.91. The quantitative estimate of drug-likeness (QED) is 0.485. The fourth-order valence-electron chi connectivity index (χ4n) is 1.06. The molecular weight excluding hydrogens is 236 g/mol. The Morgan fingerprint density at radius 3 is 2.65 bits per heavy atom. The van der Waals surface area contributed by atoms with E-state index in [0.717, 1.165) is 0 Å². The SMILES string of the molecule is O=C(O)CC#Cc1cc(F)cc(F)c1[N+](=O)[O-]. The summed E-state index contributed by atoms with van der Waals surface area (Å²) in [6, 6.07) is 1.04. The first-order valence-electron chi connectivity index (χ1n) is 4.26. The van der Waals surface area contributed by atoms with Crippen molar-refractivity contribution >= 4 is 11.7 Å². The lowest BCUT2D eigenvalue weighted by Crippen LogP contribution is -1.98. The van der Waals surface area contributed by atoms with Crippen molar-refractivity contribution in [2.24, 2.45) is 0 Å². The fraction of sp³-hybridized carbons (Fsp3) is 0.100. The Kier molecular flexibility index (Phi) is 3.72. The van der Waals surface area contributed by atoms with Crippen LogP contribution in [0.25, 0.3) is 0 Å². The molecule has 5 nitrogen and oxygen atoms in total. The van der Waals surface area contributed by atoms with Gasteiger partial charge in [-0.25, -0.2) is 4.39 Å². The number of nitro groups is 1. The van der Waals surface area contributed by atoms with E-state index in [2.05, 4.69) is 11.8 Å². The van der Waals surface area contributed by atoms with Crippen LogP contribution < -0.4 is 0 Å². The van der Waals surface area contributed by atoms with Crippen LogP contribution in [0.3, 0.4) is 0 Å². The van der Waals surface area contributed by atoms with Crippen molar-refractivity contribution in [3.63, 3.8) is 0 Å². The third-order valence-electron chi connectivity index (χ3n) is 1.67. The molecule has 1 aromatic carbocycles. The van der Waals surface area contributed by atoms with Gasteiger partial charge in [-0.2, -0.15) is 4.39 Å². The number of nitrogens with zero attached hydrogens (tertiary/aromatic N) is 1. The summed E-state index contributed by atoms with van der Waals surface area (Å²) in [4.78, 5) is 19.6. The molecule has 0 saturated carbocycles. The van der Waals surface area contributed by atoms with Crippen LogP contribution in [-0.2, 0) is 4.79 Å². The van der Waals surface area contributed by atoms with Gasteiger partial charge in [-0.3, -0.25) is 14.9 Å². The second-order valence-electron chi connectivity index (χ2n) is 2.91. The number of carbonyl (C=O) groups is 1. The van der Waals surface area contributed by atoms with Gasteiger partial charge in [0.15, 0.2) is 0 Å². The van der Waals surface area contributed by atoms with E-state index >= 15 is 0 Å². The molecule has 1 N–H and O–H groups in total. The maximum absolute atomic E-state index is 13.1. The molecule has 0 fully saturated rings. The Labute approximate surface area is 93.8 Å². The van der Waals surface area contributed by atoms with Crippen molar-refractivity contribution < 1.29 is 23.6 Å². The summed E-state index contributed by atoms with van der Waals surface area (Å²) >= 11 is 0. The number of benzene rings is 1. The Bertz CT molecular complexity index is 545. The van der Waals surface area contributed by atoms with E-state index in [4.69, 9.17) is 5.11 Å². The molecule has 0 bridgehead atoms. The molecule has 0 spiro atoms. The van der Waals surface area contributed by atoms with Crippen LogP contribution in [0.4, 0.5) is 14.5 Å². The van der Waals surface area contributed by atoms with E-state index in [-0.39, 0.29) is 0 Å². The average Bonchev–Trinajstić information content (AvgIpc) is 2.14. The van der Waals surface area contributed by atoms with E-state index in [9.17, 15) is 23.7 Å². The Morgan fingerprint density at radius 2 is 2.12 bits per heavy atom. The first-order valence-corrected chi connectivity index (χ1v) is 4.26. The van der Waals surface area contributed by atoms with E-state index in [1.54, 1.807) is 0 Å². The number of halogens is 2. The van der Waals surface area contributed by atoms with Gasteiger partial charge in [0.05, 0.1) is 4.92 Å².